The van der Waals surface area contributed by atoms with Gasteiger partial charge in [0, 0.05) is 37.1 Å². The highest BCUT2D eigenvalue weighted by atomic mass is 32.2. The summed E-state index contributed by atoms with van der Waals surface area (Å²) in [6.07, 6.45) is 9.36. The number of nitrogen functional groups attached to an aromatic ring is 1. The lowest BCUT2D eigenvalue weighted by Crippen LogP contribution is -2.46. The lowest BCUT2D eigenvalue weighted by atomic mass is 9.87. The Morgan fingerprint density at radius 2 is 1.59 bits per heavy atom. The van der Waals surface area contributed by atoms with Crippen molar-refractivity contribution in [2.24, 2.45) is 5.41 Å². The van der Waals surface area contributed by atoms with Gasteiger partial charge in [-0.3, -0.25) is 32.5 Å². The average molecular weight is 990 g/mol. The molecule has 3 rings (SSSR count). The number of phosphoric ester groups is 3. The first-order valence-electron chi connectivity index (χ1n) is 20.8. The fourth-order valence-electron chi connectivity index (χ4n) is 6.19. The minimum Gasteiger partial charge on any atom is -0.386 e. The van der Waals surface area contributed by atoms with Crippen LogP contribution in [0, 0.1) is 5.41 Å². The van der Waals surface area contributed by atoms with Crippen molar-refractivity contribution in [2.75, 3.05) is 37.8 Å². The number of fused-ring (bicyclic) bond motifs is 1. The number of imidazole rings is 1. The Hall–Kier alpha value is -2.70. The van der Waals surface area contributed by atoms with E-state index in [0.29, 0.717) is 12.2 Å². The normalized spacial score (nSPS) is 20.6. The van der Waals surface area contributed by atoms with Crippen LogP contribution in [0.15, 0.2) is 24.8 Å². The lowest BCUT2D eigenvalue weighted by molar-refractivity contribution is -0.137. The predicted octanol–water partition coefficient (Wildman–Crippen LogP) is 3.53. The van der Waals surface area contributed by atoms with Crippen molar-refractivity contribution in [3.05, 3.63) is 24.8 Å². The van der Waals surface area contributed by atoms with Gasteiger partial charge in [0.15, 0.2) is 22.8 Å². The molecular weight excluding hydrogens is 927 g/mol. The molecule has 2 aromatic heterocycles. The average Bonchev–Trinajstić information content (AvgIpc) is 3.78. The Labute approximate surface area is 375 Å². The molecule has 2 aromatic rings. The molecule has 1 fully saturated rings. The Kier molecular flexibility index (Phi) is 23.1. The van der Waals surface area contributed by atoms with Crippen molar-refractivity contribution in [1.82, 2.24) is 30.2 Å². The van der Waals surface area contributed by atoms with Gasteiger partial charge in [0.1, 0.15) is 36.3 Å². The number of aliphatic hydroxyl groups is 2. The van der Waals surface area contributed by atoms with Gasteiger partial charge in [0.05, 0.1) is 19.5 Å². The van der Waals surface area contributed by atoms with Crippen LogP contribution >= 0.6 is 35.2 Å². The second kappa shape index (κ2) is 26.6. The molecule has 0 aliphatic carbocycles. The van der Waals surface area contributed by atoms with E-state index in [4.69, 9.17) is 19.5 Å². The second-order valence-corrected chi connectivity index (χ2v) is 21.0. The molecule has 364 valence electrons. The van der Waals surface area contributed by atoms with Crippen LogP contribution in [0.2, 0.25) is 0 Å². The topological polar surface area (TPSA) is 364 Å². The molecule has 3 heterocycles. The standard InChI is InChI=1S/C36H62N7O17P3S/c1-4-5-6-7-8-9-10-11-12-13-14-15-16-27(45)64-20-19-38-26(44)17-18-39-34(48)31(47)36(2,3)22-57-63(54,55)60-62(52,53)56-21-25-30(59-61(49,50)51)29(46)35(58-25)43-24-42-28-32(37)40-23-41-33(28)43/h12-13,23-25,29-31,35,46-47H,4-11,14-22H2,1-3H3,(H,38,44)(H,39,48)(H,52,53)(H,54,55)(H2,37,40,41)(H2,49,50,51)/b13-12+. The highest BCUT2D eigenvalue weighted by Crippen LogP contribution is 2.61. The van der Waals surface area contributed by atoms with Crippen molar-refractivity contribution in [1.29, 1.82) is 0 Å². The fourth-order valence-corrected chi connectivity index (χ4v) is 9.74. The number of amides is 2. The monoisotopic (exact) mass is 989 g/mol. The summed E-state index contributed by atoms with van der Waals surface area (Å²) in [5.41, 5.74) is 4.28. The summed E-state index contributed by atoms with van der Waals surface area (Å²) in [5.74, 6) is -1.05. The Balaban J connectivity index is 1.35. The summed E-state index contributed by atoms with van der Waals surface area (Å²) in [6, 6.07) is 0. The van der Waals surface area contributed by atoms with E-state index in [1.807, 2.05) is 0 Å². The van der Waals surface area contributed by atoms with Crippen molar-refractivity contribution in [2.45, 2.75) is 128 Å². The Bertz CT molecular complexity index is 1990. The molecule has 0 aromatic carbocycles. The van der Waals surface area contributed by atoms with Gasteiger partial charge in [0.25, 0.3) is 0 Å². The van der Waals surface area contributed by atoms with E-state index in [1.54, 1.807) is 0 Å². The molecule has 24 nitrogen and oxygen atoms in total. The molecule has 1 aliphatic rings. The Morgan fingerprint density at radius 1 is 0.938 bits per heavy atom. The van der Waals surface area contributed by atoms with Crippen LogP contribution in [0.3, 0.4) is 0 Å². The molecule has 7 unspecified atom stereocenters. The molecule has 7 atom stereocenters. The number of aliphatic hydroxyl groups excluding tert-OH is 2. The minimum atomic E-state index is -5.57. The predicted molar refractivity (Wildman–Crippen MR) is 233 cm³/mol. The van der Waals surface area contributed by atoms with E-state index >= 15 is 0 Å². The molecule has 1 saturated heterocycles. The second-order valence-electron chi connectivity index (χ2n) is 15.6. The molecule has 10 N–H and O–H groups in total. The first kappa shape index (κ1) is 55.6. The minimum absolute atomic E-state index is 0.0324. The molecule has 0 bridgehead atoms. The number of carbonyl (C=O) groups excluding carboxylic acids is 3. The molecule has 0 spiro atoms. The van der Waals surface area contributed by atoms with Gasteiger partial charge in [0.2, 0.25) is 11.8 Å². The number of thioether (sulfide) groups is 1. The number of hydrogen-bond donors (Lipinski definition) is 9. The van der Waals surface area contributed by atoms with E-state index in [1.165, 1.54) is 58.8 Å². The number of phosphoric acid groups is 3. The quantitative estimate of drug-likeness (QED) is 0.0296. The van der Waals surface area contributed by atoms with Gasteiger partial charge in [-0.15, -0.1) is 0 Å². The third kappa shape index (κ3) is 19.6. The zero-order chi connectivity index (χ0) is 47.6. The Morgan fingerprint density at radius 3 is 2.28 bits per heavy atom. The number of nitrogens with zero attached hydrogens (tertiary/aromatic N) is 4. The largest absolute Gasteiger partial charge is 0.481 e. The summed E-state index contributed by atoms with van der Waals surface area (Å²) < 4.78 is 62.3. The summed E-state index contributed by atoms with van der Waals surface area (Å²) in [6.45, 7) is 2.76. The summed E-state index contributed by atoms with van der Waals surface area (Å²) in [7, 11) is -16.4. The number of ether oxygens (including phenoxy) is 1. The zero-order valence-corrected chi connectivity index (χ0v) is 39.5. The smallest absolute Gasteiger partial charge is 0.386 e. The maximum absolute atomic E-state index is 12.7. The van der Waals surface area contributed by atoms with E-state index in [-0.39, 0.29) is 41.6 Å². The molecular formula is C36H62N7O17P3S. The van der Waals surface area contributed by atoms with Gasteiger partial charge in [-0.2, -0.15) is 4.31 Å². The van der Waals surface area contributed by atoms with Crippen LogP contribution in [0.25, 0.3) is 11.2 Å². The third-order valence-corrected chi connectivity index (χ3v) is 13.7. The number of hydrogen-bond acceptors (Lipinski definition) is 18. The SMILES string of the molecule is CCCCCCCCC/C=C/CCCC(=O)SCCNC(=O)CCNC(=O)C(O)C(C)(C)COP(=O)(O)OP(=O)(O)OCC1OC(n2cnc3c(N)ncnc32)C(O)C1OP(=O)(O)O. The third-order valence-electron chi connectivity index (χ3n) is 9.66. The van der Waals surface area contributed by atoms with E-state index in [9.17, 15) is 57.9 Å². The van der Waals surface area contributed by atoms with Crippen LogP contribution in [0.4, 0.5) is 5.82 Å². The number of anilines is 1. The molecule has 1 aliphatic heterocycles. The molecule has 0 saturated carbocycles. The van der Waals surface area contributed by atoms with Crippen LogP contribution in [-0.2, 0) is 50.7 Å². The molecule has 64 heavy (non-hydrogen) atoms. The maximum Gasteiger partial charge on any atom is 0.481 e. The van der Waals surface area contributed by atoms with Crippen LogP contribution in [0.5, 0.6) is 0 Å². The van der Waals surface area contributed by atoms with Gasteiger partial charge in [-0.1, -0.05) is 83.2 Å². The maximum atomic E-state index is 12.7. The van der Waals surface area contributed by atoms with Crippen molar-refractivity contribution >= 4 is 69.1 Å². The van der Waals surface area contributed by atoms with Crippen molar-refractivity contribution < 1.29 is 80.5 Å². The summed E-state index contributed by atoms with van der Waals surface area (Å²) in [4.78, 5) is 88.2. The van der Waals surface area contributed by atoms with Crippen molar-refractivity contribution in [3.8, 4) is 0 Å². The number of allylic oxidation sites excluding steroid dienone is 2. The number of nitrogens with one attached hydrogen (secondary N) is 2. The highest BCUT2D eigenvalue weighted by Gasteiger charge is 2.50. The number of unbranched alkanes of at least 4 members (excludes halogenated alkanes) is 8. The van der Waals surface area contributed by atoms with E-state index in [0.717, 1.165) is 48.2 Å². The number of aromatic nitrogens is 4. The van der Waals surface area contributed by atoms with Crippen LogP contribution in [0.1, 0.15) is 104 Å². The lowest BCUT2D eigenvalue weighted by Gasteiger charge is -2.30. The van der Waals surface area contributed by atoms with E-state index in [2.05, 4.69) is 53.5 Å². The number of nitrogens with two attached hydrogens (primary N) is 1. The number of rotatable bonds is 31. The first-order chi connectivity index (χ1) is 30.1. The van der Waals surface area contributed by atoms with Crippen molar-refractivity contribution in [3.63, 3.8) is 0 Å². The van der Waals surface area contributed by atoms with E-state index < -0.39 is 84.6 Å². The zero-order valence-electron chi connectivity index (χ0n) is 36.0. The summed E-state index contributed by atoms with van der Waals surface area (Å²) in [5, 5.41) is 26.6. The fraction of sp³-hybridized carbons (Fsp3) is 0.722. The molecule has 2 amide bonds. The van der Waals surface area contributed by atoms with Crippen LogP contribution in [-0.4, -0.2) is 123 Å². The molecule has 28 heteroatoms. The van der Waals surface area contributed by atoms with Crippen LogP contribution < -0.4 is 16.4 Å². The molecule has 0 radical (unpaired) electrons. The van der Waals surface area contributed by atoms with Gasteiger partial charge in [-0.05, 0) is 25.7 Å². The van der Waals surface area contributed by atoms with Gasteiger partial charge < -0.3 is 50.9 Å². The van der Waals surface area contributed by atoms with Gasteiger partial charge in [-0.25, -0.2) is 28.6 Å². The highest BCUT2D eigenvalue weighted by molar-refractivity contribution is 8.13. The number of carbonyl (C=O) groups is 3. The van der Waals surface area contributed by atoms with Gasteiger partial charge >= 0.3 is 23.5 Å². The first-order valence-corrected chi connectivity index (χ1v) is 26.3. The summed E-state index contributed by atoms with van der Waals surface area (Å²) >= 11 is 1.13.